The summed E-state index contributed by atoms with van der Waals surface area (Å²) in [5.74, 6) is 0.0913. The van der Waals surface area contributed by atoms with E-state index in [4.69, 9.17) is 16.3 Å². The molecule has 1 heterocycles. The fourth-order valence-electron chi connectivity index (χ4n) is 2.47. The van der Waals surface area contributed by atoms with Crippen molar-refractivity contribution in [1.29, 1.82) is 0 Å². The van der Waals surface area contributed by atoms with Gasteiger partial charge >= 0.3 is 6.18 Å². The number of rotatable bonds is 4. The normalized spacial score (nSPS) is 11.6. The van der Waals surface area contributed by atoms with E-state index < -0.39 is 11.9 Å². The second kappa shape index (κ2) is 7.44. The lowest BCUT2D eigenvalue weighted by molar-refractivity contribution is -0.143. The number of aromatic nitrogens is 2. The van der Waals surface area contributed by atoms with Gasteiger partial charge in [0, 0.05) is 17.6 Å². The Morgan fingerprint density at radius 1 is 1.19 bits per heavy atom. The Balaban J connectivity index is 1.86. The molecule has 0 fully saturated rings. The number of halogens is 5. The molecule has 4 nitrogen and oxygen atoms in total. The molecule has 0 unspecified atom stereocenters. The maximum Gasteiger partial charge on any atom is 0.433 e. The van der Waals surface area contributed by atoms with Crippen LogP contribution in [0.15, 0.2) is 46.9 Å². The lowest BCUT2D eigenvalue weighted by Gasteiger charge is -2.11. The Morgan fingerprint density at radius 3 is 2.44 bits per heavy atom. The van der Waals surface area contributed by atoms with E-state index in [1.807, 2.05) is 0 Å². The van der Waals surface area contributed by atoms with E-state index in [1.165, 1.54) is 13.1 Å². The van der Waals surface area contributed by atoms with Gasteiger partial charge in [0.1, 0.15) is 28.3 Å². The SMILES string of the molecule is Cn1nc(-c2ccc(OCc3ccc(Cl)cc3)c(Br)c2O)cc1C(F)(F)F. The monoisotopic (exact) mass is 460 g/mol. The molecule has 0 radical (unpaired) electrons. The van der Waals surface area contributed by atoms with Crippen molar-refractivity contribution in [3.05, 3.63) is 63.2 Å². The number of phenols is 1. The van der Waals surface area contributed by atoms with E-state index in [9.17, 15) is 18.3 Å². The fraction of sp³-hybridized carbons (Fsp3) is 0.167. The van der Waals surface area contributed by atoms with Gasteiger partial charge in [0.25, 0.3) is 0 Å². The summed E-state index contributed by atoms with van der Waals surface area (Å²) in [6, 6.07) is 11.0. The minimum absolute atomic E-state index is 0.00674. The average Bonchev–Trinajstić information content (AvgIpc) is 2.99. The van der Waals surface area contributed by atoms with E-state index in [1.54, 1.807) is 30.3 Å². The van der Waals surface area contributed by atoms with Crippen LogP contribution in [0, 0.1) is 0 Å². The Kier molecular flexibility index (Phi) is 5.39. The summed E-state index contributed by atoms with van der Waals surface area (Å²) in [5.41, 5.74) is 0.129. The maximum absolute atomic E-state index is 12.9. The molecule has 9 heteroatoms. The number of benzene rings is 2. The van der Waals surface area contributed by atoms with Gasteiger partial charge < -0.3 is 9.84 Å². The van der Waals surface area contributed by atoms with Crippen molar-refractivity contribution < 1.29 is 23.0 Å². The van der Waals surface area contributed by atoms with Crippen LogP contribution >= 0.6 is 27.5 Å². The van der Waals surface area contributed by atoms with Crippen molar-refractivity contribution in [2.45, 2.75) is 12.8 Å². The van der Waals surface area contributed by atoms with Gasteiger partial charge in [-0.1, -0.05) is 23.7 Å². The number of ether oxygens (including phenoxy) is 1. The lowest BCUT2D eigenvalue weighted by atomic mass is 10.1. The number of nitrogens with zero attached hydrogens (tertiary/aromatic N) is 2. The van der Waals surface area contributed by atoms with Gasteiger partial charge in [0.15, 0.2) is 0 Å². The molecule has 3 aromatic rings. The van der Waals surface area contributed by atoms with Crippen LogP contribution in [-0.4, -0.2) is 14.9 Å². The van der Waals surface area contributed by atoms with Gasteiger partial charge in [-0.2, -0.15) is 18.3 Å². The molecule has 27 heavy (non-hydrogen) atoms. The molecule has 1 aromatic heterocycles. The summed E-state index contributed by atoms with van der Waals surface area (Å²) in [6.45, 7) is 0.233. The van der Waals surface area contributed by atoms with Crippen LogP contribution < -0.4 is 4.74 Å². The van der Waals surface area contributed by atoms with Gasteiger partial charge in [-0.3, -0.25) is 4.68 Å². The first-order valence-electron chi connectivity index (χ1n) is 7.67. The molecule has 0 atom stereocenters. The highest BCUT2D eigenvalue weighted by atomic mass is 79.9. The van der Waals surface area contributed by atoms with Crippen molar-refractivity contribution in [1.82, 2.24) is 9.78 Å². The van der Waals surface area contributed by atoms with Crippen LogP contribution in [0.3, 0.4) is 0 Å². The minimum atomic E-state index is -4.53. The average molecular weight is 462 g/mol. The Bertz CT molecular complexity index is 972. The zero-order valence-electron chi connectivity index (χ0n) is 13.9. The highest BCUT2D eigenvalue weighted by molar-refractivity contribution is 9.10. The molecule has 0 bridgehead atoms. The highest BCUT2D eigenvalue weighted by Crippen LogP contribution is 2.42. The molecule has 3 rings (SSSR count). The summed E-state index contributed by atoms with van der Waals surface area (Å²) in [6.07, 6.45) is -4.53. The maximum atomic E-state index is 12.9. The Morgan fingerprint density at radius 2 is 1.85 bits per heavy atom. The predicted octanol–water partition coefficient (Wildman–Crippen LogP) is 5.81. The van der Waals surface area contributed by atoms with E-state index in [-0.39, 0.29) is 28.1 Å². The number of aromatic hydroxyl groups is 1. The first kappa shape index (κ1) is 19.6. The standard InChI is InChI=1S/C18H13BrClF3N2O2/c1-25-15(18(21,22)23)8-13(24-25)12-6-7-14(16(19)17(12)26)27-9-10-2-4-11(20)5-3-10/h2-8,26H,9H2,1H3. The van der Waals surface area contributed by atoms with Crippen LogP contribution in [0.2, 0.25) is 5.02 Å². The molecule has 2 aromatic carbocycles. The third-order valence-electron chi connectivity index (χ3n) is 3.83. The van der Waals surface area contributed by atoms with Crippen LogP contribution in [0.1, 0.15) is 11.3 Å². The van der Waals surface area contributed by atoms with Crippen molar-refractivity contribution >= 4 is 27.5 Å². The Hall–Kier alpha value is -2.19. The predicted molar refractivity (Wildman–Crippen MR) is 98.8 cm³/mol. The summed E-state index contributed by atoms with van der Waals surface area (Å²) in [5, 5.41) is 14.8. The third kappa shape index (κ3) is 4.22. The largest absolute Gasteiger partial charge is 0.506 e. The number of phenolic OH excluding ortho intramolecular Hbond substituents is 1. The second-order valence-electron chi connectivity index (χ2n) is 5.73. The molecule has 0 aliphatic rings. The van der Waals surface area contributed by atoms with Crippen LogP contribution in [-0.2, 0) is 19.8 Å². The van der Waals surface area contributed by atoms with Gasteiger partial charge in [-0.05, 0) is 51.8 Å². The van der Waals surface area contributed by atoms with E-state index in [0.29, 0.717) is 10.8 Å². The Labute approximate surface area is 166 Å². The molecule has 1 N–H and O–H groups in total. The van der Waals surface area contributed by atoms with E-state index in [0.717, 1.165) is 16.3 Å². The van der Waals surface area contributed by atoms with Crippen LogP contribution in [0.5, 0.6) is 11.5 Å². The second-order valence-corrected chi connectivity index (χ2v) is 6.95. The molecular formula is C18H13BrClF3N2O2. The first-order chi connectivity index (χ1) is 12.7. The zero-order valence-corrected chi connectivity index (χ0v) is 16.2. The van der Waals surface area contributed by atoms with Crippen molar-refractivity contribution in [2.24, 2.45) is 7.05 Å². The molecule has 0 amide bonds. The smallest absolute Gasteiger partial charge is 0.433 e. The summed E-state index contributed by atoms with van der Waals surface area (Å²) >= 11 is 9.06. The van der Waals surface area contributed by atoms with Gasteiger partial charge in [0.2, 0.25) is 0 Å². The third-order valence-corrected chi connectivity index (χ3v) is 4.85. The summed E-state index contributed by atoms with van der Waals surface area (Å²) < 4.78 is 45.5. The number of aryl methyl sites for hydroxylation is 1. The molecule has 0 aliphatic carbocycles. The fourth-order valence-corrected chi connectivity index (χ4v) is 3.06. The molecule has 0 saturated heterocycles. The lowest BCUT2D eigenvalue weighted by Crippen LogP contribution is -2.11. The van der Waals surface area contributed by atoms with Gasteiger partial charge in [-0.15, -0.1) is 0 Å². The summed E-state index contributed by atoms with van der Waals surface area (Å²) in [4.78, 5) is 0. The highest BCUT2D eigenvalue weighted by Gasteiger charge is 2.35. The van der Waals surface area contributed by atoms with E-state index >= 15 is 0 Å². The van der Waals surface area contributed by atoms with Crippen molar-refractivity contribution in [2.75, 3.05) is 0 Å². The first-order valence-corrected chi connectivity index (χ1v) is 8.84. The molecule has 0 aliphatic heterocycles. The number of alkyl halides is 3. The molecule has 0 spiro atoms. The van der Waals surface area contributed by atoms with Crippen LogP contribution in [0.25, 0.3) is 11.3 Å². The van der Waals surface area contributed by atoms with Gasteiger partial charge in [0.05, 0.1) is 5.69 Å². The minimum Gasteiger partial charge on any atom is -0.506 e. The molecule has 142 valence electrons. The number of hydrogen-bond acceptors (Lipinski definition) is 3. The van der Waals surface area contributed by atoms with Crippen molar-refractivity contribution in [3.8, 4) is 22.8 Å². The zero-order chi connectivity index (χ0) is 19.8. The van der Waals surface area contributed by atoms with Crippen LogP contribution in [0.4, 0.5) is 13.2 Å². The van der Waals surface area contributed by atoms with Crippen molar-refractivity contribution in [3.63, 3.8) is 0 Å². The summed E-state index contributed by atoms with van der Waals surface area (Å²) in [7, 11) is 1.20. The molecular weight excluding hydrogens is 449 g/mol. The van der Waals surface area contributed by atoms with Gasteiger partial charge in [-0.25, -0.2) is 0 Å². The molecule has 0 saturated carbocycles. The topological polar surface area (TPSA) is 47.3 Å². The number of hydrogen-bond donors (Lipinski definition) is 1. The van der Waals surface area contributed by atoms with E-state index in [2.05, 4.69) is 21.0 Å². The quantitative estimate of drug-likeness (QED) is 0.534.